The van der Waals surface area contributed by atoms with Crippen molar-refractivity contribution in [3.63, 3.8) is 0 Å². The molecule has 0 bridgehead atoms. The van der Waals surface area contributed by atoms with E-state index in [-0.39, 0.29) is 5.41 Å². The number of nitrogens with zero attached hydrogens (tertiary/aromatic N) is 2. The van der Waals surface area contributed by atoms with E-state index in [1.807, 2.05) is 37.4 Å². The molecule has 0 radical (unpaired) electrons. The molecule has 20 heavy (non-hydrogen) atoms. The van der Waals surface area contributed by atoms with Crippen LogP contribution in [0.5, 0.6) is 0 Å². The highest BCUT2D eigenvalue weighted by atomic mass is 14.7. The van der Waals surface area contributed by atoms with E-state index in [0.29, 0.717) is 0 Å². The maximum Gasteiger partial charge on any atom is 0.0497 e. The van der Waals surface area contributed by atoms with Crippen molar-refractivity contribution in [1.29, 1.82) is 0 Å². The molecule has 0 aliphatic carbocycles. The third kappa shape index (κ3) is 2.69. The molecule has 0 saturated carbocycles. The highest BCUT2D eigenvalue weighted by Gasteiger charge is 2.17. The molecule has 2 aromatic rings. The summed E-state index contributed by atoms with van der Waals surface area (Å²) in [4.78, 5) is 8.85. The Hall–Kier alpha value is -2.22. The van der Waals surface area contributed by atoms with E-state index in [2.05, 4.69) is 43.0 Å². The predicted octanol–water partition coefficient (Wildman–Crippen LogP) is 4.31. The van der Waals surface area contributed by atoms with Gasteiger partial charge in [0.1, 0.15) is 0 Å². The van der Waals surface area contributed by atoms with Crippen LogP contribution in [0.2, 0.25) is 0 Å². The summed E-state index contributed by atoms with van der Waals surface area (Å²) in [6, 6.07) is 8.05. The van der Waals surface area contributed by atoms with Gasteiger partial charge in [-0.2, -0.15) is 0 Å². The van der Waals surface area contributed by atoms with E-state index in [0.717, 1.165) is 28.1 Å². The molecule has 0 N–H and O–H groups in total. The Morgan fingerprint density at radius 2 is 1.95 bits per heavy atom. The SMILES string of the molecule is C=CC(C)(C)c1ccc(C(=C)c2cccnc2C)cn1. The zero-order valence-corrected chi connectivity index (χ0v) is 12.4. The van der Waals surface area contributed by atoms with Crippen LogP contribution in [0.3, 0.4) is 0 Å². The zero-order chi connectivity index (χ0) is 14.8. The monoisotopic (exact) mass is 264 g/mol. The van der Waals surface area contributed by atoms with E-state index < -0.39 is 0 Å². The lowest BCUT2D eigenvalue weighted by molar-refractivity contribution is 0.645. The van der Waals surface area contributed by atoms with Gasteiger partial charge < -0.3 is 0 Å². The van der Waals surface area contributed by atoms with Crippen molar-refractivity contribution in [3.05, 3.63) is 78.4 Å². The Morgan fingerprint density at radius 1 is 1.20 bits per heavy atom. The van der Waals surface area contributed by atoms with Gasteiger partial charge in [-0.1, -0.05) is 38.6 Å². The average Bonchev–Trinajstić information content (AvgIpc) is 2.47. The molecule has 0 spiro atoms. The molecule has 0 fully saturated rings. The number of allylic oxidation sites excluding steroid dienone is 1. The number of hydrogen-bond donors (Lipinski definition) is 0. The van der Waals surface area contributed by atoms with Gasteiger partial charge in [0.2, 0.25) is 0 Å². The lowest BCUT2D eigenvalue weighted by Crippen LogP contribution is -2.14. The van der Waals surface area contributed by atoms with Crippen LogP contribution >= 0.6 is 0 Å². The highest BCUT2D eigenvalue weighted by molar-refractivity contribution is 5.78. The van der Waals surface area contributed by atoms with Gasteiger partial charge in [0, 0.05) is 40.3 Å². The van der Waals surface area contributed by atoms with Gasteiger partial charge in [-0.15, -0.1) is 6.58 Å². The Balaban J connectivity index is 2.34. The quantitative estimate of drug-likeness (QED) is 0.769. The van der Waals surface area contributed by atoms with Crippen LogP contribution in [0.4, 0.5) is 0 Å². The first-order valence-corrected chi connectivity index (χ1v) is 6.67. The van der Waals surface area contributed by atoms with Crippen LogP contribution in [0.15, 0.2) is 55.9 Å². The summed E-state index contributed by atoms with van der Waals surface area (Å²) in [5, 5.41) is 0. The summed E-state index contributed by atoms with van der Waals surface area (Å²) in [6.07, 6.45) is 5.57. The van der Waals surface area contributed by atoms with Crippen molar-refractivity contribution >= 4 is 5.57 Å². The minimum atomic E-state index is -0.121. The van der Waals surface area contributed by atoms with Crippen molar-refractivity contribution in [1.82, 2.24) is 9.97 Å². The second-order valence-corrected chi connectivity index (χ2v) is 5.47. The van der Waals surface area contributed by atoms with Crippen molar-refractivity contribution in [2.24, 2.45) is 0 Å². The lowest BCUT2D eigenvalue weighted by Gasteiger charge is -2.19. The first-order valence-electron chi connectivity index (χ1n) is 6.67. The number of aryl methyl sites for hydroxylation is 1. The minimum Gasteiger partial charge on any atom is -0.261 e. The van der Waals surface area contributed by atoms with Crippen LogP contribution in [0, 0.1) is 6.92 Å². The van der Waals surface area contributed by atoms with Crippen LogP contribution in [0.1, 0.15) is 36.4 Å². The van der Waals surface area contributed by atoms with E-state index in [4.69, 9.17) is 0 Å². The molecule has 2 heterocycles. The van der Waals surface area contributed by atoms with E-state index >= 15 is 0 Å². The lowest BCUT2D eigenvalue weighted by atomic mass is 9.88. The standard InChI is InChI=1S/C18H20N2/c1-6-18(4,5)17-10-9-15(12-20-17)13(2)16-8-7-11-19-14(16)3/h6-12H,1-2H2,3-5H3. The molecule has 2 nitrogen and oxygen atoms in total. The fraction of sp³-hybridized carbons (Fsp3) is 0.222. The van der Waals surface area contributed by atoms with Crippen LogP contribution in [-0.4, -0.2) is 9.97 Å². The zero-order valence-electron chi connectivity index (χ0n) is 12.4. The van der Waals surface area contributed by atoms with Gasteiger partial charge in [-0.25, -0.2) is 0 Å². The first-order chi connectivity index (χ1) is 9.45. The summed E-state index contributed by atoms with van der Waals surface area (Å²) in [7, 11) is 0. The van der Waals surface area contributed by atoms with Crippen molar-refractivity contribution in [2.45, 2.75) is 26.2 Å². The average molecular weight is 264 g/mol. The smallest absolute Gasteiger partial charge is 0.0497 e. The molecule has 2 heteroatoms. The first kappa shape index (κ1) is 14.2. The van der Waals surface area contributed by atoms with Gasteiger partial charge in [0.25, 0.3) is 0 Å². The second kappa shape index (κ2) is 5.41. The van der Waals surface area contributed by atoms with Gasteiger partial charge in [-0.3, -0.25) is 9.97 Å². The molecular weight excluding hydrogens is 244 g/mol. The Kier molecular flexibility index (Phi) is 3.84. The Morgan fingerprint density at radius 3 is 2.50 bits per heavy atom. The van der Waals surface area contributed by atoms with Crippen LogP contribution in [0.25, 0.3) is 5.57 Å². The fourth-order valence-corrected chi connectivity index (χ4v) is 2.02. The van der Waals surface area contributed by atoms with Crippen LogP contribution in [-0.2, 0) is 5.41 Å². The van der Waals surface area contributed by atoms with Crippen molar-refractivity contribution in [3.8, 4) is 0 Å². The van der Waals surface area contributed by atoms with Crippen LogP contribution < -0.4 is 0 Å². The molecule has 2 rings (SSSR count). The normalized spacial score (nSPS) is 11.2. The summed E-state index contributed by atoms with van der Waals surface area (Å²) < 4.78 is 0. The minimum absolute atomic E-state index is 0.121. The molecule has 0 aliphatic heterocycles. The third-order valence-corrected chi connectivity index (χ3v) is 3.61. The highest BCUT2D eigenvalue weighted by Crippen LogP contribution is 2.26. The number of hydrogen-bond acceptors (Lipinski definition) is 2. The fourth-order valence-electron chi connectivity index (χ4n) is 2.02. The third-order valence-electron chi connectivity index (χ3n) is 3.61. The molecule has 0 atom stereocenters. The molecular formula is C18H20N2. The van der Waals surface area contributed by atoms with E-state index in [1.165, 1.54) is 0 Å². The summed E-state index contributed by atoms with van der Waals surface area (Å²) in [5.41, 5.74) is 4.89. The van der Waals surface area contributed by atoms with Crippen molar-refractivity contribution in [2.75, 3.05) is 0 Å². The maximum absolute atomic E-state index is 4.54. The van der Waals surface area contributed by atoms with E-state index in [9.17, 15) is 0 Å². The van der Waals surface area contributed by atoms with E-state index in [1.54, 1.807) is 6.20 Å². The second-order valence-electron chi connectivity index (χ2n) is 5.47. The molecule has 0 saturated heterocycles. The molecule has 102 valence electrons. The molecule has 0 unspecified atom stereocenters. The molecule has 0 aromatic carbocycles. The Bertz CT molecular complexity index is 637. The number of pyridine rings is 2. The van der Waals surface area contributed by atoms with Gasteiger partial charge in [-0.05, 0) is 24.6 Å². The van der Waals surface area contributed by atoms with Gasteiger partial charge in [0.15, 0.2) is 0 Å². The van der Waals surface area contributed by atoms with Gasteiger partial charge in [0.05, 0.1) is 0 Å². The molecule has 2 aromatic heterocycles. The summed E-state index contributed by atoms with van der Waals surface area (Å²) in [6.45, 7) is 14.2. The molecule has 0 amide bonds. The Labute approximate surface area is 120 Å². The predicted molar refractivity (Wildman–Crippen MR) is 84.6 cm³/mol. The summed E-state index contributed by atoms with van der Waals surface area (Å²) in [5.74, 6) is 0. The largest absolute Gasteiger partial charge is 0.261 e. The molecule has 0 aliphatic rings. The topological polar surface area (TPSA) is 25.8 Å². The number of aromatic nitrogens is 2. The van der Waals surface area contributed by atoms with Gasteiger partial charge >= 0.3 is 0 Å². The summed E-state index contributed by atoms with van der Waals surface area (Å²) >= 11 is 0. The maximum atomic E-state index is 4.54. The number of rotatable bonds is 4. The van der Waals surface area contributed by atoms with Crippen molar-refractivity contribution < 1.29 is 0 Å².